The van der Waals surface area contributed by atoms with Gasteiger partial charge in [-0.25, -0.2) is 0 Å². The van der Waals surface area contributed by atoms with Gasteiger partial charge in [0.1, 0.15) is 5.60 Å². The zero-order valence-corrected chi connectivity index (χ0v) is 24.6. The highest BCUT2D eigenvalue weighted by Gasteiger charge is 2.50. The first-order valence-electron chi connectivity index (χ1n) is 15.0. The summed E-state index contributed by atoms with van der Waals surface area (Å²) in [6.45, 7) is 14.1. The van der Waals surface area contributed by atoms with Gasteiger partial charge in [-0.05, 0) is 80.8 Å². The van der Waals surface area contributed by atoms with Gasteiger partial charge in [0.05, 0.1) is 19.1 Å². The van der Waals surface area contributed by atoms with Crippen LogP contribution in [0.1, 0.15) is 71.4 Å². The molecule has 2 bridgehead atoms. The molecule has 0 amide bonds. The zero-order valence-electron chi connectivity index (χ0n) is 24.6. The number of esters is 1. The van der Waals surface area contributed by atoms with E-state index in [9.17, 15) is 4.79 Å². The Morgan fingerprint density at radius 1 is 0.974 bits per heavy atom. The van der Waals surface area contributed by atoms with Crippen molar-refractivity contribution in [3.8, 4) is 11.5 Å². The van der Waals surface area contributed by atoms with Crippen LogP contribution >= 0.6 is 0 Å². The molecule has 5 nitrogen and oxygen atoms in total. The first-order valence-corrected chi connectivity index (χ1v) is 15.0. The fourth-order valence-corrected chi connectivity index (χ4v) is 6.22. The van der Waals surface area contributed by atoms with Crippen LogP contribution < -0.4 is 9.47 Å². The molecule has 39 heavy (non-hydrogen) atoms. The minimum absolute atomic E-state index is 0.0712. The maximum atomic E-state index is 12.9. The molecule has 5 heteroatoms. The van der Waals surface area contributed by atoms with Gasteiger partial charge in [0.25, 0.3) is 0 Å². The molecule has 2 aromatic carbocycles. The van der Waals surface area contributed by atoms with Gasteiger partial charge < -0.3 is 19.1 Å². The third-order valence-corrected chi connectivity index (χ3v) is 8.42. The van der Waals surface area contributed by atoms with Crippen molar-refractivity contribution in [3.05, 3.63) is 65.7 Å². The largest absolute Gasteiger partial charge is 0.490 e. The summed E-state index contributed by atoms with van der Waals surface area (Å²) >= 11 is 0. The molecule has 0 N–H and O–H groups in total. The molecule has 0 spiro atoms. The van der Waals surface area contributed by atoms with Gasteiger partial charge in [-0.2, -0.15) is 0 Å². The fourth-order valence-electron chi connectivity index (χ4n) is 6.22. The highest BCUT2D eigenvalue weighted by molar-refractivity contribution is 5.73. The van der Waals surface area contributed by atoms with Crippen molar-refractivity contribution in [2.75, 3.05) is 32.8 Å². The lowest BCUT2D eigenvalue weighted by molar-refractivity contribution is -0.176. The standard InChI is InChI=1S/C34H47NO4/c1-6-35(20-18-26-14-17-31(37-7-2)32(22-26)38-8-3)21-19-34(39-33(36)25(4)5)24-28-15-16-29(34)23-30(28)27-12-10-9-11-13-27/h9-14,17,22-23,25,28-29H,6-8,15-16,18-21,24H2,1-5H3/t28-,29-,34+/m0/s1. The first kappa shape index (κ1) is 29.2. The molecule has 212 valence electrons. The topological polar surface area (TPSA) is 48.0 Å². The van der Waals surface area contributed by atoms with Gasteiger partial charge in [0.2, 0.25) is 0 Å². The highest BCUT2D eigenvalue weighted by Crippen LogP contribution is 2.53. The number of carbonyl (C=O) groups excluding carboxylic acids is 1. The molecule has 0 radical (unpaired) electrons. The van der Waals surface area contributed by atoms with Crippen LogP contribution in [0.5, 0.6) is 11.5 Å². The van der Waals surface area contributed by atoms with Gasteiger partial charge in [-0.3, -0.25) is 4.79 Å². The summed E-state index contributed by atoms with van der Waals surface area (Å²) < 4.78 is 18.0. The second-order valence-corrected chi connectivity index (χ2v) is 11.3. The number of nitrogens with zero attached hydrogens (tertiary/aromatic N) is 1. The summed E-state index contributed by atoms with van der Waals surface area (Å²) in [5, 5.41) is 0. The Kier molecular flexibility index (Phi) is 10.1. The number of hydrogen-bond donors (Lipinski definition) is 0. The minimum Gasteiger partial charge on any atom is -0.490 e. The van der Waals surface area contributed by atoms with Crippen LogP contribution in [-0.2, 0) is 16.0 Å². The summed E-state index contributed by atoms with van der Waals surface area (Å²) in [5.74, 6) is 2.13. The maximum absolute atomic E-state index is 12.9. The van der Waals surface area contributed by atoms with Crippen LogP contribution in [0.15, 0.2) is 54.6 Å². The van der Waals surface area contributed by atoms with Crippen LogP contribution in [0.3, 0.4) is 0 Å². The summed E-state index contributed by atoms with van der Waals surface area (Å²) in [6.07, 6.45) is 7.42. The van der Waals surface area contributed by atoms with Crippen LogP contribution in [0.4, 0.5) is 0 Å². The van der Waals surface area contributed by atoms with E-state index in [1.807, 2.05) is 33.8 Å². The number of allylic oxidation sites excluding steroid dienone is 1. The normalized spacial score (nSPS) is 22.2. The van der Waals surface area contributed by atoms with Crippen molar-refractivity contribution < 1.29 is 19.0 Å². The van der Waals surface area contributed by atoms with E-state index >= 15 is 0 Å². The van der Waals surface area contributed by atoms with Gasteiger partial charge in [-0.1, -0.05) is 63.2 Å². The second-order valence-electron chi connectivity index (χ2n) is 11.3. The van der Waals surface area contributed by atoms with Gasteiger partial charge >= 0.3 is 5.97 Å². The number of benzene rings is 2. The number of likely N-dealkylation sites (N-methyl/N-ethyl adjacent to an activating group) is 1. The SMILES string of the molecule is CCOc1ccc(CCN(CC)CC[C@@]2(OC(=O)C(C)C)C[C@@H]3CC[C@H]2C=C3c2ccccc2)cc1OCC. The van der Waals surface area contributed by atoms with E-state index < -0.39 is 5.60 Å². The average Bonchev–Trinajstić information content (AvgIpc) is 2.95. The minimum atomic E-state index is -0.419. The third-order valence-electron chi connectivity index (χ3n) is 8.42. The van der Waals surface area contributed by atoms with Crippen molar-refractivity contribution in [1.29, 1.82) is 0 Å². The molecule has 2 aromatic rings. The third kappa shape index (κ3) is 7.05. The number of rotatable bonds is 14. The predicted molar refractivity (Wildman–Crippen MR) is 158 cm³/mol. The van der Waals surface area contributed by atoms with Crippen molar-refractivity contribution in [2.45, 2.75) is 72.3 Å². The summed E-state index contributed by atoms with van der Waals surface area (Å²) in [7, 11) is 0. The Bertz CT molecular complexity index is 1110. The Labute approximate surface area is 235 Å². The van der Waals surface area contributed by atoms with Crippen molar-refractivity contribution >= 4 is 11.5 Å². The smallest absolute Gasteiger partial charge is 0.308 e. The molecule has 0 unspecified atom stereocenters. The van der Waals surface area contributed by atoms with Crippen molar-refractivity contribution in [2.24, 2.45) is 17.8 Å². The van der Waals surface area contributed by atoms with Gasteiger partial charge in [0, 0.05) is 25.4 Å². The Morgan fingerprint density at radius 3 is 2.36 bits per heavy atom. The Balaban J connectivity index is 1.47. The van der Waals surface area contributed by atoms with E-state index in [4.69, 9.17) is 14.2 Å². The molecule has 3 aliphatic rings. The molecular formula is C34H47NO4. The van der Waals surface area contributed by atoms with Crippen LogP contribution in [0.2, 0.25) is 0 Å². The van der Waals surface area contributed by atoms with E-state index in [1.54, 1.807) is 0 Å². The quantitative estimate of drug-likeness (QED) is 0.241. The summed E-state index contributed by atoms with van der Waals surface area (Å²) in [4.78, 5) is 15.4. The number of hydrogen-bond acceptors (Lipinski definition) is 5. The average molecular weight is 534 g/mol. The molecule has 0 saturated heterocycles. The van der Waals surface area contributed by atoms with E-state index in [0.29, 0.717) is 19.1 Å². The molecule has 0 aliphatic heterocycles. The van der Waals surface area contributed by atoms with E-state index in [-0.39, 0.29) is 17.8 Å². The first-order chi connectivity index (χ1) is 18.9. The van der Waals surface area contributed by atoms with Gasteiger partial charge in [0.15, 0.2) is 11.5 Å². The molecular weight excluding hydrogens is 486 g/mol. The Hall–Kier alpha value is -2.79. The molecule has 0 aromatic heterocycles. The summed E-state index contributed by atoms with van der Waals surface area (Å²) in [6, 6.07) is 17.0. The molecule has 1 fully saturated rings. The van der Waals surface area contributed by atoms with Crippen molar-refractivity contribution in [3.63, 3.8) is 0 Å². The van der Waals surface area contributed by atoms with E-state index in [1.165, 1.54) is 23.1 Å². The number of fused-ring (bicyclic) bond motifs is 2. The lowest BCUT2D eigenvalue weighted by atomic mass is 9.60. The van der Waals surface area contributed by atoms with Crippen LogP contribution in [0, 0.1) is 17.8 Å². The number of ether oxygens (including phenoxy) is 3. The van der Waals surface area contributed by atoms with Crippen molar-refractivity contribution in [1.82, 2.24) is 4.90 Å². The van der Waals surface area contributed by atoms with E-state index in [0.717, 1.165) is 56.8 Å². The van der Waals surface area contributed by atoms with Gasteiger partial charge in [-0.15, -0.1) is 0 Å². The highest BCUT2D eigenvalue weighted by atomic mass is 16.6. The lowest BCUT2D eigenvalue weighted by Crippen LogP contribution is -2.51. The van der Waals surface area contributed by atoms with Crippen LogP contribution in [0.25, 0.3) is 5.57 Å². The van der Waals surface area contributed by atoms with E-state index in [2.05, 4.69) is 60.4 Å². The monoisotopic (exact) mass is 533 g/mol. The summed E-state index contributed by atoms with van der Waals surface area (Å²) in [5.41, 5.74) is 3.58. The maximum Gasteiger partial charge on any atom is 0.308 e. The zero-order chi connectivity index (χ0) is 27.8. The number of carbonyl (C=O) groups is 1. The molecule has 1 saturated carbocycles. The second kappa shape index (κ2) is 13.5. The molecule has 0 heterocycles. The lowest BCUT2D eigenvalue weighted by Gasteiger charge is -2.50. The molecule has 3 atom stereocenters. The molecule has 5 rings (SSSR count). The predicted octanol–water partition coefficient (Wildman–Crippen LogP) is 7.19. The Morgan fingerprint density at radius 2 is 1.72 bits per heavy atom. The van der Waals surface area contributed by atoms with Crippen LogP contribution in [-0.4, -0.2) is 49.3 Å². The molecule has 3 aliphatic carbocycles. The fraction of sp³-hybridized carbons (Fsp3) is 0.559.